The Hall–Kier alpha value is -4.39. The van der Waals surface area contributed by atoms with Crippen LogP contribution in [0.5, 0.6) is 17.2 Å². The van der Waals surface area contributed by atoms with E-state index < -0.39 is 54.0 Å². The predicted octanol–water partition coefficient (Wildman–Crippen LogP) is 2.78. The van der Waals surface area contributed by atoms with Crippen molar-refractivity contribution in [2.45, 2.75) is 63.8 Å². The van der Waals surface area contributed by atoms with Gasteiger partial charge in [0.1, 0.15) is 35.6 Å². The lowest BCUT2D eigenvalue weighted by atomic mass is 9.79. The molecule has 11 nitrogen and oxygen atoms in total. The number of aliphatic hydroxyl groups is 4. The summed E-state index contributed by atoms with van der Waals surface area (Å²) in [6.45, 7) is 2.57. The molecule has 5 N–H and O–H groups in total. The third-order valence-electron chi connectivity index (χ3n) is 7.90. The number of ether oxygens (including phenoxy) is 3. The Morgan fingerprint density at radius 3 is 2.29 bits per heavy atom. The number of benzene rings is 3. The molecule has 0 amide bonds. The molecule has 3 aromatic carbocycles. The van der Waals surface area contributed by atoms with E-state index in [1.807, 2.05) is 30.3 Å². The number of aromatic hydroxyl groups is 1. The number of fused-ring (bicyclic) bond motifs is 2. The van der Waals surface area contributed by atoms with Crippen LogP contribution in [0.3, 0.4) is 0 Å². The van der Waals surface area contributed by atoms with Gasteiger partial charge < -0.3 is 39.7 Å². The summed E-state index contributed by atoms with van der Waals surface area (Å²) in [5.41, 5.74) is 0.617. The Bertz CT molecular complexity index is 1650. The molecule has 1 fully saturated rings. The average molecular weight is 619 g/mol. The molecule has 0 unspecified atom stereocenters. The Balaban J connectivity index is 1.65. The number of unbranched alkanes of at least 4 members (excludes halogenated alkanes) is 1. The maximum absolute atomic E-state index is 14.2. The van der Waals surface area contributed by atoms with Crippen molar-refractivity contribution in [2.24, 2.45) is 0 Å². The van der Waals surface area contributed by atoms with Crippen LogP contribution in [0.25, 0.3) is 12.2 Å². The van der Waals surface area contributed by atoms with Crippen LogP contribution in [-0.4, -0.2) is 80.4 Å². The SMILES string of the molecule is CC(=O)Oc1ccc2c(c1/C=C/c1ccccc1)C(=O)c1cc(O[C@H]3O[C@@H](C)[C@@H](O)[C@@H](O)[C@H]3O)c(CCCCO)c(O)c1C2=O. The Kier molecular flexibility index (Phi) is 9.47. The lowest BCUT2D eigenvalue weighted by molar-refractivity contribution is -0.268. The molecule has 1 saturated heterocycles. The van der Waals surface area contributed by atoms with Crippen molar-refractivity contribution in [2.75, 3.05) is 6.61 Å². The van der Waals surface area contributed by atoms with E-state index in [1.54, 1.807) is 12.2 Å². The first kappa shape index (κ1) is 32.0. The predicted molar refractivity (Wildman–Crippen MR) is 161 cm³/mol. The Morgan fingerprint density at radius 1 is 0.889 bits per heavy atom. The standard InChI is InChI=1S/C34H34O11/c1-17-28(37)32(41)33(42)34(43-17)45-25-16-23-27(29(38)21(25)10-6-7-15-35)30(39)22-13-14-24(44-18(2)36)20(26(22)31(23)40)12-11-19-8-4-3-5-9-19/h3-5,8-9,11-14,16-17,28,32-35,37-38,41-42H,6-7,10,15H2,1-2H3/b12-11+/t17-,28+,32+,33+,34+/m0/s1. The highest BCUT2D eigenvalue weighted by Crippen LogP contribution is 2.44. The minimum atomic E-state index is -1.68. The molecule has 45 heavy (non-hydrogen) atoms. The van der Waals surface area contributed by atoms with E-state index in [9.17, 15) is 39.9 Å². The first-order valence-corrected chi connectivity index (χ1v) is 14.6. The molecule has 0 spiro atoms. The van der Waals surface area contributed by atoms with Crippen LogP contribution in [0.4, 0.5) is 0 Å². The fraction of sp³-hybridized carbons (Fsp3) is 0.324. The number of phenols is 1. The van der Waals surface area contributed by atoms with Gasteiger partial charge in [-0.2, -0.15) is 0 Å². The molecular formula is C34H34O11. The maximum atomic E-state index is 14.2. The van der Waals surface area contributed by atoms with Gasteiger partial charge in [0, 0.05) is 41.3 Å². The van der Waals surface area contributed by atoms with Crippen molar-refractivity contribution in [3.8, 4) is 17.2 Å². The quantitative estimate of drug-likeness (QED) is 0.0806. The second-order valence-corrected chi connectivity index (χ2v) is 11.0. The highest BCUT2D eigenvalue weighted by atomic mass is 16.7. The molecule has 0 aromatic heterocycles. The molecule has 5 atom stereocenters. The largest absolute Gasteiger partial charge is 0.507 e. The molecule has 1 aliphatic heterocycles. The van der Waals surface area contributed by atoms with Crippen LogP contribution >= 0.6 is 0 Å². The third-order valence-corrected chi connectivity index (χ3v) is 7.90. The zero-order chi connectivity index (χ0) is 32.4. The average Bonchev–Trinajstić information content (AvgIpc) is 3.02. The second kappa shape index (κ2) is 13.3. The van der Waals surface area contributed by atoms with E-state index in [0.29, 0.717) is 12.8 Å². The van der Waals surface area contributed by atoms with Crippen molar-refractivity contribution in [1.29, 1.82) is 0 Å². The number of ketones is 2. The van der Waals surface area contributed by atoms with Crippen molar-refractivity contribution in [3.63, 3.8) is 0 Å². The molecule has 1 heterocycles. The number of aliphatic hydroxyl groups excluding tert-OH is 4. The zero-order valence-corrected chi connectivity index (χ0v) is 24.7. The second-order valence-electron chi connectivity index (χ2n) is 11.0. The van der Waals surface area contributed by atoms with Crippen LogP contribution < -0.4 is 9.47 Å². The van der Waals surface area contributed by atoms with Crippen LogP contribution in [0.2, 0.25) is 0 Å². The van der Waals surface area contributed by atoms with E-state index in [1.165, 1.54) is 32.0 Å². The first-order chi connectivity index (χ1) is 21.5. The zero-order valence-electron chi connectivity index (χ0n) is 24.7. The number of hydrogen-bond donors (Lipinski definition) is 5. The number of carbonyl (C=O) groups excluding carboxylic acids is 3. The van der Waals surface area contributed by atoms with Gasteiger partial charge in [0.2, 0.25) is 6.29 Å². The molecule has 5 rings (SSSR count). The van der Waals surface area contributed by atoms with Crippen molar-refractivity contribution in [3.05, 3.63) is 87.5 Å². The van der Waals surface area contributed by atoms with Gasteiger partial charge in [0.05, 0.1) is 11.7 Å². The van der Waals surface area contributed by atoms with Crippen LogP contribution in [0.1, 0.15) is 75.2 Å². The monoisotopic (exact) mass is 618 g/mol. The van der Waals surface area contributed by atoms with Crippen LogP contribution in [-0.2, 0) is 16.0 Å². The van der Waals surface area contributed by atoms with Gasteiger partial charge in [-0.05, 0) is 56.0 Å². The smallest absolute Gasteiger partial charge is 0.308 e. The highest BCUT2D eigenvalue weighted by molar-refractivity contribution is 6.31. The van der Waals surface area contributed by atoms with Gasteiger partial charge in [-0.3, -0.25) is 14.4 Å². The molecule has 11 heteroatoms. The van der Waals surface area contributed by atoms with E-state index in [0.717, 1.165) is 5.56 Å². The van der Waals surface area contributed by atoms with E-state index in [-0.39, 0.29) is 57.9 Å². The maximum Gasteiger partial charge on any atom is 0.308 e. The highest BCUT2D eigenvalue weighted by Gasteiger charge is 2.44. The van der Waals surface area contributed by atoms with Gasteiger partial charge in [0.25, 0.3) is 0 Å². The molecule has 236 valence electrons. The van der Waals surface area contributed by atoms with E-state index in [2.05, 4.69) is 0 Å². The molecule has 3 aromatic rings. The van der Waals surface area contributed by atoms with Crippen molar-refractivity contribution < 1.29 is 54.1 Å². The fourth-order valence-electron chi connectivity index (χ4n) is 5.55. The summed E-state index contributed by atoms with van der Waals surface area (Å²) in [6.07, 6.45) is -2.93. The molecule has 1 aliphatic carbocycles. The lowest BCUT2D eigenvalue weighted by Crippen LogP contribution is -2.58. The summed E-state index contributed by atoms with van der Waals surface area (Å²) in [5, 5.41) is 51.8. The van der Waals surface area contributed by atoms with Gasteiger partial charge >= 0.3 is 5.97 Å². The van der Waals surface area contributed by atoms with E-state index in [4.69, 9.17) is 14.2 Å². The number of phenolic OH excluding ortho intramolecular Hbond substituents is 1. The summed E-state index contributed by atoms with van der Waals surface area (Å²) < 4.78 is 16.9. The topological polar surface area (TPSA) is 180 Å². The summed E-state index contributed by atoms with van der Waals surface area (Å²) >= 11 is 0. The van der Waals surface area contributed by atoms with Gasteiger partial charge in [-0.25, -0.2) is 0 Å². The van der Waals surface area contributed by atoms with Crippen LogP contribution in [0, 0.1) is 0 Å². The molecule has 0 bridgehead atoms. The molecular weight excluding hydrogens is 584 g/mol. The molecule has 0 saturated carbocycles. The number of rotatable bonds is 9. The number of hydrogen-bond acceptors (Lipinski definition) is 11. The number of carbonyl (C=O) groups is 3. The van der Waals surface area contributed by atoms with Gasteiger partial charge in [-0.1, -0.05) is 36.4 Å². The van der Waals surface area contributed by atoms with Gasteiger partial charge in [-0.15, -0.1) is 0 Å². The van der Waals surface area contributed by atoms with E-state index >= 15 is 0 Å². The Labute approximate surface area is 258 Å². The number of esters is 1. The van der Waals surface area contributed by atoms with Crippen LogP contribution in [0.15, 0.2) is 48.5 Å². The summed E-state index contributed by atoms with van der Waals surface area (Å²) in [4.78, 5) is 40.1. The summed E-state index contributed by atoms with van der Waals surface area (Å²) in [7, 11) is 0. The fourth-order valence-corrected chi connectivity index (χ4v) is 5.55. The minimum Gasteiger partial charge on any atom is -0.507 e. The van der Waals surface area contributed by atoms with Gasteiger partial charge in [0.15, 0.2) is 11.6 Å². The first-order valence-electron chi connectivity index (χ1n) is 14.6. The minimum absolute atomic E-state index is 0.00152. The lowest BCUT2D eigenvalue weighted by Gasteiger charge is -2.39. The molecule has 0 radical (unpaired) electrons. The normalized spacial score (nSPS) is 22.7. The summed E-state index contributed by atoms with van der Waals surface area (Å²) in [6, 6.07) is 13.2. The molecule has 2 aliphatic rings. The third kappa shape index (κ3) is 6.26. The Morgan fingerprint density at radius 2 is 1.60 bits per heavy atom. The summed E-state index contributed by atoms with van der Waals surface area (Å²) in [5.74, 6) is -2.47. The van der Waals surface area contributed by atoms with Crippen molar-refractivity contribution in [1.82, 2.24) is 0 Å². The van der Waals surface area contributed by atoms with Crippen molar-refractivity contribution >= 4 is 29.7 Å².